The number of hydrogen-bond donors (Lipinski definition) is 0. The molecule has 6 heteroatoms. The molecule has 0 spiro atoms. The average Bonchev–Trinajstić information content (AvgIpc) is 3.97. The number of fused-ring (bicyclic) bond motifs is 11. The van der Waals surface area contributed by atoms with Crippen molar-refractivity contribution >= 4 is 96.8 Å². The van der Waals surface area contributed by atoms with Crippen LogP contribution in [0.3, 0.4) is 0 Å². The second-order valence-electron chi connectivity index (χ2n) is 15.1. The van der Waals surface area contributed by atoms with Gasteiger partial charge in [0.05, 0.1) is 27.7 Å². The first-order valence-electron chi connectivity index (χ1n) is 19.8. The topological polar surface area (TPSA) is 56.7 Å². The normalized spacial score (nSPS) is 12.1. The van der Waals surface area contributed by atoms with Crippen molar-refractivity contribution < 1.29 is 4.42 Å². The summed E-state index contributed by atoms with van der Waals surface area (Å²) >= 11 is 1.80. The third-order valence-corrected chi connectivity index (χ3v) is 13.0. The van der Waals surface area contributed by atoms with Crippen molar-refractivity contribution in [3.05, 3.63) is 182 Å². The van der Waals surface area contributed by atoms with Gasteiger partial charge in [0, 0.05) is 47.5 Å². The molecule has 4 aromatic heterocycles. The van der Waals surface area contributed by atoms with Crippen molar-refractivity contribution in [2.45, 2.75) is 0 Å². The van der Waals surface area contributed by atoms with Gasteiger partial charge in [-0.05, 0) is 82.2 Å². The van der Waals surface area contributed by atoms with Crippen LogP contribution in [0.25, 0.3) is 125 Å². The van der Waals surface area contributed by atoms with Crippen molar-refractivity contribution in [3.8, 4) is 39.9 Å². The average molecular weight is 771 g/mol. The van der Waals surface area contributed by atoms with Crippen molar-refractivity contribution in [1.29, 1.82) is 0 Å². The molecule has 0 saturated heterocycles. The summed E-state index contributed by atoms with van der Waals surface area (Å²) in [6, 6.07) is 64.4. The van der Waals surface area contributed by atoms with E-state index in [1.807, 2.05) is 12.1 Å². The Morgan fingerprint density at radius 1 is 0.407 bits per heavy atom. The van der Waals surface area contributed by atoms with Crippen LogP contribution in [0.15, 0.2) is 186 Å². The molecule has 0 saturated carbocycles. The first-order valence-corrected chi connectivity index (χ1v) is 20.6. The Hall–Kier alpha value is -7.67. The minimum atomic E-state index is 0.553. The van der Waals surface area contributed by atoms with Crippen molar-refractivity contribution in [2.24, 2.45) is 0 Å². The largest absolute Gasteiger partial charge is 0.455 e. The molecule has 0 unspecified atom stereocenters. The lowest BCUT2D eigenvalue weighted by atomic mass is 10.0. The molecule has 0 radical (unpaired) electrons. The van der Waals surface area contributed by atoms with Crippen molar-refractivity contribution in [2.75, 3.05) is 0 Å². The van der Waals surface area contributed by atoms with Crippen LogP contribution < -0.4 is 0 Å². The third kappa shape index (κ3) is 4.87. The van der Waals surface area contributed by atoms with E-state index in [0.717, 1.165) is 66.1 Å². The smallest absolute Gasteiger partial charge is 0.167 e. The monoisotopic (exact) mass is 770 g/mol. The molecule has 5 nitrogen and oxygen atoms in total. The molecule has 59 heavy (non-hydrogen) atoms. The first-order chi connectivity index (χ1) is 29.2. The molecular weight excluding hydrogens is 741 g/mol. The molecule has 0 aliphatic heterocycles. The summed E-state index contributed by atoms with van der Waals surface area (Å²) in [4.78, 5) is 15.9. The van der Waals surface area contributed by atoms with Gasteiger partial charge in [-0.15, -0.1) is 11.3 Å². The number of nitrogens with zero attached hydrogens (tertiary/aromatic N) is 4. The first kappa shape index (κ1) is 32.4. The summed E-state index contributed by atoms with van der Waals surface area (Å²) in [7, 11) is 0. The molecular formula is C53H30N4OS. The maximum Gasteiger partial charge on any atom is 0.167 e. The molecule has 9 aromatic carbocycles. The number of aromatic nitrogens is 4. The highest BCUT2D eigenvalue weighted by Crippen LogP contribution is 2.44. The van der Waals surface area contributed by atoms with Crippen LogP contribution in [0.5, 0.6) is 0 Å². The standard InChI is InChI=1S/C53H30N4OS/c1-2-14-33-30-45-41(28-32(33)13-1)36-17-5-8-21-43(36)57(45)44-26-25-40(50-49(44)39-19-6-9-22-46(39)58-50)53-55-51(34-24-27-48-42(29-34)37-18-7-10-23-47(37)59-48)54-52(56-53)38-20-11-15-31-12-3-4-16-35(31)38/h1-30H. The summed E-state index contributed by atoms with van der Waals surface area (Å²) in [5.41, 5.74) is 7.53. The number of para-hydroxylation sites is 2. The highest BCUT2D eigenvalue weighted by Gasteiger charge is 2.23. The number of thiophene rings is 1. The maximum absolute atomic E-state index is 6.92. The lowest BCUT2D eigenvalue weighted by molar-refractivity contribution is 0.669. The molecule has 13 rings (SSSR count). The van der Waals surface area contributed by atoms with Crippen LogP contribution in [0.1, 0.15) is 0 Å². The van der Waals surface area contributed by atoms with Gasteiger partial charge < -0.3 is 8.98 Å². The predicted molar refractivity (Wildman–Crippen MR) is 246 cm³/mol. The van der Waals surface area contributed by atoms with E-state index in [4.69, 9.17) is 19.4 Å². The van der Waals surface area contributed by atoms with Crippen LogP contribution in [-0.2, 0) is 0 Å². The van der Waals surface area contributed by atoms with Crippen LogP contribution >= 0.6 is 11.3 Å². The lowest BCUT2D eigenvalue weighted by Crippen LogP contribution is -2.01. The Bertz CT molecular complexity index is 3870. The predicted octanol–water partition coefficient (Wildman–Crippen LogP) is 14.5. The number of furan rings is 1. The number of rotatable bonds is 4. The van der Waals surface area contributed by atoms with E-state index in [1.54, 1.807) is 11.3 Å². The van der Waals surface area contributed by atoms with Crippen LogP contribution in [-0.4, -0.2) is 19.5 Å². The summed E-state index contributed by atoms with van der Waals surface area (Å²) in [6.07, 6.45) is 0. The summed E-state index contributed by atoms with van der Waals surface area (Å²) in [6.45, 7) is 0. The van der Waals surface area contributed by atoms with E-state index < -0.39 is 0 Å². The maximum atomic E-state index is 6.92. The van der Waals surface area contributed by atoms with Gasteiger partial charge in [-0.2, -0.15) is 0 Å². The Morgan fingerprint density at radius 3 is 1.95 bits per heavy atom. The van der Waals surface area contributed by atoms with E-state index >= 15 is 0 Å². The second kappa shape index (κ2) is 12.4. The molecule has 0 aliphatic carbocycles. The molecule has 274 valence electrons. The molecule has 4 heterocycles. The highest BCUT2D eigenvalue weighted by molar-refractivity contribution is 7.25. The van der Waals surface area contributed by atoms with Gasteiger partial charge in [0.2, 0.25) is 0 Å². The van der Waals surface area contributed by atoms with Crippen LogP contribution in [0.2, 0.25) is 0 Å². The van der Waals surface area contributed by atoms with Gasteiger partial charge >= 0.3 is 0 Å². The molecule has 13 aromatic rings. The van der Waals surface area contributed by atoms with Gasteiger partial charge in [-0.25, -0.2) is 15.0 Å². The van der Waals surface area contributed by atoms with Crippen LogP contribution in [0.4, 0.5) is 0 Å². The molecule has 0 fully saturated rings. The van der Waals surface area contributed by atoms with Gasteiger partial charge in [-0.3, -0.25) is 0 Å². The fraction of sp³-hybridized carbons (Fsp3) is 0. The number of benzene rings is 9. The summed E-state index contributed by atoms with van der Waals surface area (Å²) < 4.78 is 11.8. The summed E-state index contributed by atoms with van der Waals surface area (Å²) in [5, 5.41) is 11.5. The molecule has 0 atom stereocenters. The third-order valence-electron chi connectivity index (χ3n) is 11.8. The summed E-state index contributed by atoms with van der Waals surface area (Å²) in [5.74, 6) is 1.77. The second-order valence-corrected chi connectivity index (χ2v) is 16.2. The van der Waals surface area contributed by atoms with E-state index in [-0.39, 0.29) is 0 Å². The fourth-order valence-corrected chi connectivity index (χ4v) is 10.2. The van der Waals surface area contributed by atoms with Gasteiger partial charge in [-0.1, -0.05) is 121 Å². The molecule has 0 aliphatic rings. The van der Waals surface area contributed by atoms with E-state index in [0.29, 0.717) is 17.5 Å². The van der Waals surface area contributed by atoms with Crippen molar-refractivity contribution in [3.63, 3.8) is 0 Å². The minimum Gasteiger partial charge on any atom is -0.455 e. The van der Waals surface area contributed by atoms with E-state index in [9.17, 15) is 0 Å². The Balaban J connectivity index is 1.10. The Morgan fingerprint density at radius 2 is 1.07 bits per heavy atom. The van der Waals surface area contributed by atoms with Crippen molar-refractivity contribution in [1.82, 2.24) is 19.5 Å². The van der Waals surface area contributed by atoms with Gasteiger partial charge in [0.15, 0.2) is 17.5 Å². The molecule has 0 bridgehead atoms. The Kier molecular flexibility index (Phi) is 6.82. The highest BCUT2D eigenvalue weighted by atomic mass is 32.1. The minimum absolute atomic E-state index is 0.553. The van der Waals surface area contributed by atoms with Gasteiger partial charge in [0.25, 0.3) is 0 Å². The van der Waals surface area contributed by atoms with E-state index in [2.05, 4.69) is 174 Å². The quantitative estimate of drug-likeness (QED) is 0.179. The Labute approximate surface area is 341 Å². The lowest BCUT2D eigenvalue weighted by Gasteiger charge is -2.13. The molecule has 0 amide bonds. The fourth-order valence-electron chi connectivity index (χ4n) is 9.12. The zero-order chi connectivity index (χ0) is 38.6. The number of hydrogen-bond acceptors (Lipinski definition) is 5. The van der Waals surface area contributed by atoms with Crippen LogP contribution in [0, 0.1) is 0 Å². The zero-order valence-corrected chi connectivity index (χ0v) is 32.2. The van der Waals surface area contributed by atoms with E-state index in [1.165, 1.54) is 41.7 Å². The van der Waals surface area contributed by atoms with Gasteiger partial charge in [0.1, 0.15) is 11.2 Å². The zero-order valence-electron chi connectivity index (χ0n) is 31.4. The molecule has 0 N–H and O–H groups in total. The SMILES string of the molecule is c1ccc2cc3c(cc2c1)c1ccccc1n3-c1ccc(-c2nc(-c3ccc4sc5ccccc5c4c3)nc(-c3cccc4ccccc34)n2)c2oc3ccccc3c12.